The third-order valence-corrected chi connectivity index (χ3v) is 4.51. The van der Waals surface area contributed by atoms with E-state index in [1.165, 1.54) is 44.6 Å². The Bertz CT molecular complexity index is 823. The fourth-order valence-corrected chi connectivity index (χ4v) is 2.98. The van der Waals surface area contributed by atoms with Crippen LogP contribution in [0.15, 0.2) is 47.4 Å². The molecule has 0 saturated heterocycles. The van der Waals surface area contributed by atoms with Crippen LogP contribution in [0.4, 0.5) is 5.69 Å². The average molecular weight is 372 g/mol. The van der Waals surface area contributed by atoms with Crippen molar-refractivity contribution in [2.24, 2.45) is 5.73 Å². The minimum absolute atomic E-state index is 0. The van der Waals surface area contributed by atoms with Gasteiger partial charge in [0.2, 0.25) is 0 Å². The highest BCUT2D eigenvalue weighted by atomic mass is 35.5. The van der Waals surface area contributed by atoms with Crippen LogP contribution < -0.4 is 19.9 Å². The molecule has 0 spiro atoms. The van der Waals surface area contributed by atoms with Gasteiger partial charge in [0, 0.05) is 11.6 Å². The molecule has 0 saturated carbocycles. The molecular formula is C15H18ClN3O4S. The van der Waals surface area contributed by atoms with Gasteiger partial charge in [-0.1, -0.05) is 0 Å². The van der Waals surface area contributed by atoms with Crippen molar-refractivity contribution in [3.8, 4) is 11.5 Å². The molecule has 9 heteroatoms. The first-order valence-corrected chi connectivity index (χ1v) is 8.05. The Labute approximate surface area is 146 Å². The van der Waals surface area contributed by atoms with Gasteiger partial charge in [0.1, 0.15) is 5.84 Å². The summed E-state index contributed by atoms with van der Waals surface area (Å²) in [5.74, 6) is 0.794. The van der Waals surface area contributed by atoms with Gasteiger partial charge in [0.15, 0.2) is 11.5 Å². The van der Waals surface area contributed by atoms with E-state index in [0.717, 1.165) is 0 Å². The highest BCUT2D eigenvalue weighted by Crippen LogP contribution is 2.30. The van der Waals surface area contributed by atoms with E-state index < -0.39 is 10.0 Å². The smallest absolute Gasteiger partial charge is 0.261 e. The van der Waals surface area contributed by atoms with Crippen LogP contribution in [0.25, 0.3) is 0 Å². The number of anilines is 1. The molecule has 0 amide bonds. The Hall–Kier alpha value is -2.45. The monoisotopic (exact) mass is 371 g/mol. The molecule has 0 bridgehead atoms. The second kappa shape index (κ2) is 7.89. The van der Waals surface area contributed by atoms with Gasteiger partial charge in [-0.2, -0.15) is 0 Å². The molecule has 0 unspecified atom stereocenters. The van der Waals surface area contributed by atoms with E-state index >= 15 is 0 Å². The molecule has 2 aromatic carbocycles. The summed E-state index contributed by atoms with van der Waals surface area (Å²) in [4.78, 5) is 0.0669. The van der Waals surface area contributed by atoms with Gasteiger partial charge >= 0.3 is 0 Å². The molecular weight excluding hydrogens is 354 g/mol. The number of nitrogens with one attached hydrogen (secondary N) is 2. The Morgan fingerprint density at radius 3 is 2.12 bits per heavy atom. The van der Waals surface area contributed by atoms with Crippen molar-refractivity contribution in [2.45, 2.75) is 4.90 Å². The van der Waals surface area contributed by atoms with E-state index in [9.17, 15) is 8.42 Å². The number of hydrogen-bond donors (Lipinski definition) is 3. The predicted molar refractivity (Wildman–Crippen MR) is 95.1 cm³/mol. The zero-order chi connectivity index (χ0) is 17.0. The van der Waals surface area contributed by atoms with E-state index in [1.54, 1.807) is 12.1 Å². The zero-order valence-corrected chi connectivity index (χ0v) is 14.7. The average Bonchev–Trinajstić information content (AvgIpc) is 2.54. The standard InChI is InChI=1S/C15H17N3O4S.ClH/c1-21-13-8-5-11(9-14(13)22-2)18-23(19,20)12-6-3-10(4-7-12)15(16)17;/h3-9,18H,1-2H3,(H3,16,17);1H. The van der Waals surface area contributed by atoms with E-state index in [4.69, 9.17) is 20.6 Å². The first-order chi connectivity index (χ1) is 10.9. The van der Waals surface area contributed by atoms with Crippen LogP contribution in [0.3, 0.4) is 0 Å². The summed E-state index contributed by atoms with van der Waals surface area (Å²) in [6, 6.07) is 10.4. The molecule has 0 radical (unpaired) electrons. The molecule has 0 atom stereocenters. The maximum Gasteiger partial charge on any atom is 0.261 e. The minimum atomic E-state index is -3.76. The summed E-state index contributed by atoms with van der Waals surface area (Å²) in [5, 5.41) is 7.31. The molecule has 2 aromatic rings. The molecule has 0 aliphatic carbocycles. The number of nitrogen functional groups attached to an aromatic ring is 1. The highest BCUT2D eigenvalue weighted by Gasteiger charge is 2.15. The van der Waals surface area contributed by atoms with E-state index in [0.29, 0.717) is 22.7 Å². The summed E-state index contributed by atoms with van der Waals surface area (Å²) < 4.78 is 37.4. The number of ether oxygens (including phenoxy) is 2. The van der Waals surface area contributed by atoms with Gasteiger partial charge in [-0.25, -0.2) is 8.42 Å². The van der Waals surface area contributed by atoms with Crippen molar-refractivity contribution in [1.82, 2.24) is 0 Å². The van der Waals surface area contributed by atoms with Crippen molar-refractivity contribution in [1.29, 1.82) is 5.41 Å². The Kier molecular flexibility index (Phi) is 6.44. The van der Waals surface area contributed by atoms with Gasteiger partial charge < -0.3 is 15.2 Å². The maximum atomic E-state index is 12.4. The molecule has 4 N–H and O–H groups in total. The van der Waals surface area contributed by atoms with Crippen molar-refractivity contribution in [2.75, 3.05) is 18.9 Å². The van der Waals surface area contributed by atoms with Crippen LogP contribution in [-0.4, -0.2) is 28.5 Å². The number of sulfonamides is 1. The van der Waals surface area contributed by atoms with Crippen LogP contribution in [0.1, 0.15) is 5.56 Å². The fourth-order valence-electron chi connectivity index (χ4n) is 1.93. The van der Waals surface area contributed by atoms with Crippen molar-refractivity contribution in [3.05, 3.63) is 48.0 Å². The quantitative estimate of drug-likeness (QED) is 0.532. The molecule has 0 fully saturated rings. The number of nitrogens with two attached hydrogens (primary N) is 1. The normalized spacial score (nSPS) is 10.4. The lowest BCUT2D eigenvalue weighted by atomic mass is 10.2. The van der Waals surface area contributed by atoms with Crippen LogP contribution in [0.5, 0.6) is 11.5 Å². The minimum Gasteiger partial charge on any atom is -0.493 e. The number of methoxy groups -OCH3 is 2. The Morgan fingerprint density at radius 1 is 1.04 bits per heavy atom. The van der Waals surface area contributed by atoms with Gasteiger partial charge in [0.05, 0.1) is 24.8 Å². The SMILES string of the molecule is COc1ccc(NS(=O)(=O)c2ccc(C(=N)N)cc2)cc1OC.Cl. The van der Waals surface area contributed by atoms with Crippen LogP contribution >= 0.6 is 12.4 Å². The molecule has 0 aromatic heterocycles. The van der Waals surface area contributed by atoms with E-state index in [-0.39, 0.29) is 23.1 Å². The fraction of sp³-hybridized carbons (Fsp3) is 0.133. The maximum absolute atomic E-state index is 12.4. The van der Waals surface area contributed by atoms with E-state index in [2.05, 4.69) is 4.72 Å². The number of benzene rings is 2. The molecule has 24 heavy (non-hydrogen) atoms. The van der Waals surface area contributed by atoms with E-state index in [1.807, 2.05) is 0 Å². The number of hydrogen-bond acceptors (Lipinski definition) is 5. The van der Waals surface area contributed by atoms with Crippen molar-refractivity contribution in [3.63, 3.8) is 0 Å². The lowest BCUT2D eigenvalue weighted by Gasteiger charge is -2.12. The summed E-state index contributed by atoms with van der Waals surface area (Å²) in [6.07, 6.45) is 0. The molecule has 2 rings (SSSR count). The van der Waals surface area contributed by atoms with Crippen molar-refractivity contribution < 1.29 is 17.9 Å². The molecule has 0 heterocycles. The largest absolute Gasteiger partial charge is 0.493 e. The van der Waals surface area contributed by atoms with Crippen molar-refractivity contribution >= 4 is 34.0 Å². The Balaban J connectivity index is 0.00000288. The summed E-state index contributed by atoms with van der Waals surface area (Å²) in [5.41, 5.74) is 6.15. The predicted octanol–water partition coefficient (Wildman–Crippen LogP) is 2.21. The summed E-state index contributed by atoms with van der Waals surface area (Å²) in [7, 11) is -0.791. The number of amidine groups is 1. The molecule has 7 nitrogen and oxygen atoms in total. The lowest BCUT2D eigenvalue weighted by molar-refractivity contribution is 0.355. The van der Waals surface area contributed by atoms with Gasteiger partial charge in [0.25, 0.3) is 10.0 Å². The van der Waals surface area contributed by atoms with Gasteiger partial charge in [-0.15, -0.1) is 12.4 Å². The Morgan fingerprint density at radius 2 is 1.62 bits per heavy atom. The molecule has 130 valence electrons. The van der Waals surface area contributed by atoms with Gasteiger partial charge in [-0.05, 0) is 36.4 Å². The molecule has 0 aliphatic rings. The zero-order valence-electron chi connectivity index (χ0n) is 13.1. The number of rotatable bonds is 6. The third-order valence-electron chi connectivity index (χ3n) is 3.11. The summed E-state index contributed by atoms with van der Waals surface area (Å²) in [6.45, 7) is 0. The lowest BCUT2D eigenvalue weighted by Crippen LogP contribution is -2.14. The number of halogens is 1. The highest BCUT2D eigenvalue weighted by molar-refractivity contribution is 7.92. The third kappa shape index (κ3) is 4.30. The second-order valence-electron chi connectivity index (χ2n) is 4.61. The second-order valence-corrected chi connectivity index (χ2v) is 6.30. The topological polar surface area (TPSA) is 114 Å². The molecule has 0 aliphatic heterocycles. The van der Waals surface area contributed by atoms with Crippen LogP contribution in [0.2, 0.25) is 0 Å². The summed E-state index contributed by atoms with van der Waals surface area (Å²) >= 11 is 0. The van der Waals surface area contributed by atoms with Gasteiger partial charge in [-0.3, -0.25) is 10.1 Å². The van der Waals surface area contributed by atoms with Crippen LogP contribution in [-0.2, 0) is 10.0 Å². The first-order valence-electron chi connectivity index (χ1n) is 6.56. The van der Waals surface area contributed by atoms with Crippen LogP contribution in [0, 0.1) is 5.41 Å². The first kappa shape index (κ1) is 19.6.